The first-order chi connectivity index (χ1) is 12.0. The number of nitrogens with zero attached hydrogens (tertiary/aromatic N) is 3. The van der Waals surface area contributed by atoms with Crippen LogP contribution in [0.25, 0.3) is 0 Å². The Morgan fingerprint density at radius 2 is 1.60 bits per heavy atom. The number of hydrogen-bond donors (Lipinski definition) is 0. The summed E-state index contributed by atoms with van der Waals surface area (Å²) in [6, 6.07) is 14.0. The molecule has 0 unspecified atom stereocenters. The third kappa shape index (κ3) is 2.93. The van der Waals surface area contributed by atoms with Crippen molar-refractivity contribution >= 4 is 23.5 Å². The first-order valence-corrected chi connectivity index (χ1v) is 7.38. The van der Waals surface area contributed by atoms with Crippen molar-refractivity contribution in [1.29, 1.82) is 5.26 Å². The summed E-state index contributed by atoms with van der Waals surface area (Å²) in [5.74, 6) is -1.21. The Labute approximate surface area is 143 Å². The van der Waals surface area contributed by atoms with Gasteiger partial charge in [0, 0.05) is 0 Å². The van der Waals surface area contributed by atoms with E-state index in [9.17, 15) is 14.4 Å². The SMILES string of the molecule is COc1ccc(N2C(=O)C(=O)N(Cc3ccc(C#N)cc3)C2=O)cc1. The van der Waals surface area contributed by atoms with Crippen LogP contribution in [-0.2, 0) is 16.1 Å². The van der Waals surface area contributed by atoms with Gasteiger partial charge in [-0.05, 0) is 42.0 Å². The number of carbonyl (C=O) groups excluding carboxylic acids is 3. The van der Waals surface area contributed by atoms with Crippen molar-refractivity contribution in [3.8, 4) is 11.8 Å². The number of methoxy groups -OCH3 is 1. The number of hydrogen-bond acceptors (Lipinski definition) is 5. The van der Waals surface area contributed by atoms with E-state index in [2.05, 4.69) is 0 Å². The zero-order chi connectivity index (χ0) is 18.0. The van der Waals surface area contributed by atoms with Crippen LogP contribution in [0.1, 0.15) is 11.1 Å². The van der Waals surface area contributed by atoms with E-state index < -0.39 is 17.8 Å². The van der Waals surface area contributed by atoms with Crippen LogP contribution in [0.2, 0.25) is 0 Å². The number of benzene rings is 2. The van der Waals surface area contributed by atoms with Crippen molar-refractivity contribution in [2.24, 2.45) is 0 Å². The van der Waals surface area contributed by atoms with Crippen molar-refractivity contribution in [3.05, 3.63) is 59.7 Å². The molecule has 2 aromatic rings. The molecule has 1 heterocycles. The number of ether oxygens (including phenoxy) is 1. The smallest absolute Gasteiger partial charge is 0.339 e. The van der Waals surface area contributed by atoms with E-state index in [-0.39, 0.29) is 6.54 Å². The summed E-state index contributed by atoms with van der Waals surface area (Å²) >= 11 is 0. The molecule has 1 aliphatic heterocycles. The lowest BCUT2D eigenvalue weighted by Gasteiger charge is -2.16. The van der Waals surface area contributed by atoms with Gasteiger partial charge in [0.1, 0.15) is 5.75 Å². The molecule has 0 atom stereocenters. The standard InChI is InChI=1S/C18H13N3O4/c1-25-15-8-6-14(7-9-15)21-17(23)16(22)20(18(21)24)11-13-4-2-12(10-19)3-5-13/h2-9H,11H2,1H3. The number of urea groups is 1. The molecular formula is C18H13N3O4. The molecule has 1 fully saturated rings. The zero-order valence-corrected chi connectivity index (χ0v) is 13.3. The van der Waals surface area contributed by atoms with E-state index in [0.29, 0.717) is 22.6 Å². The quantitative estimate of drug-likeness (QED) is 0.630. The van der Waals surface area contributed by atoms with Crippen LogP contribution < -0.4 is 9.64 Å². The normalized spacial score (nSPS) is 14.0. The molecule has 4 amide bonds. The second-order valence-electron chi connectivity index (χ2n) is 5.32. The average Bonchev–Trinajstić information content (AvgIpc) is 2.86. The first kappa shape index (κ1) is 16.2. The molecule has 1 saturated heterocycles. The van der Waals surface area contributed by atoms with E-state index in [1.54, 1.807) is 36.4 Å². The molecule has 0 saturated carbocycles. The molecular weight excluding hydrogens is 322 g/mol. The molecule has 7 heteroatoms. The molecule has 124 valence electrons. The van der Waals surface area contributed by atoms with Crippen LogP contribution in [0, 0.1) is 11.3 Å². The van der Waals surface area contributed by atoms with Crippen molar-refractivity contribution in [1.82, 2.24) is 4.90 Å². The summed E-state index contributed by atoms with van der Waals surface area (Å²) in [4.78, 5) is 38.7. The molecule has 0 bridgehead atoms. The minimum Gasteiger partial charge on any atom is -0.497 e. The second kappa shape index (κ2) is 6.45. The fourth-order valence-electron chi connectivity index (χ4n) is 2.47. The molecule has 3 rings (SSSR count). The Bertz CT molecular complexity index is 882. The third-order valence-corrected chi connectivity index (χ3v) is 3.81. The molecule has 2 aromatic carbocycles. The minimum absolute atomic E-state index is 0.0399. The summed E-state index contributed by atoms with van der Waals surface area (Å²) in [5.41, 5.74) is 1.41. The average molecular weight is 335 g/mol. The molecule has 0 N–H and O–H groups in total. The molecule has 0 spiro atoms. The Hall–Kier alpha value is -3.66. The Kier molecular flexibility index (Phi) is 4.18. The number of imide groups is 2. The van der Waals surface area contributed by atoms with Crippen LogP contribution in [-0.4, -0.2) is 29.9 Å². The van der Waals surface area contributed by atoms with E-state index in [1.165, 1.54) is 19.2 Å². The maximum absolute atomic E-state index is 12.5. The molecule has 0 aromatic heterocycles. The van der Waals surface area contributed by atoms with Crippen molar-refractivity contribution in [2.75, 3.05) is 12.0 Å². The largest absolute Gasteiger partial charge is 0.497 e. The van der Waals surface area contributed by atoms with E-state index >= 15 is 0 Å². The van der Waals surface area contributed by atoms with Gasteiger partial charge in [0.05, 0.1) is 31.0 Å². The van der Waals surface area contributed by atoms with Gasteiger partial charge in [0.25, 0.3) is 0 Å². The minimum atomic E-state index is -0.899. The summed E-state index contributed by atoms with van der Waals surface area (Å²) in [5, 5.41) is 8.80. The van der Waals surface area contributed by atoms with Crippen LogP contribution in [0.15, 0.2) is 48.5 Å². The molecule has 1 aliphatic rings. The number of amides is 4. The fraction of sp³-hybridized carbons (Fsp3) is 0.111. The van der Waals surface area contributed by atoms with Gasteiger partial charge >= 0.3 is 17.8 Å². The predicted molar refractivity (Wildman–Crippen MR) is 87.6 cm³/mol. The first-order valence-electron chi connectivity index (χ1n) is 7.38. The van der Waals surface area contributed by atoms with Gasteiger partial charge in [-0.15, -0.1) is 0 Å². The molecule has 7 nitrogen and oxygen atoms in total. The van der Waals surface area contributed by atoms with E-state index in [0.717, 1.165) is 9.80 Å². The highest BCUT2D eigenvalue weighted by atomic mass is 16.5. The lowest BCUT2D eigenvalue weighted by Crippen LogP contribution is -2.33. The fourth-order valence-corrected chi connectivity index (χ4v) is 2.47. The highest BCUT2D eigenvalue weighted by Gasteiger charge is 2.45. The lowest BCUT2D eigenvalue weighted by molar-refractivity contribution is -0.139. The van der Waals surface area contributed by atoms with Crippen molar-refractivity contribution in [2.45, 2.75) is 6.54 Å². The van der Waals surface area contributed by atoms with Gasteiger partial charge in [-0.3, -0.25) is 14.5 Å². The maximum Gasteiger partial charge on any atom is 0.339 e. The van der Waals surface area contributed by atoms with Gasteiger partial charge in [-0.25, -0.2) is 9.69 Å². The zero-order valence-electron chi connectivity index (χ0n) is 13.3. The summed E-state index contributed by atoms with van der Waals surface area (Å²) < 4.78 is 5.04. The monoisotopic (exact) mass is 335 g/mol. The van der Waals surface area contributed by atoms with Gasteiger partial charge in [-0.1, -0.05) is 12.1 Å². The number of nitriles is 1. The van der Waals surface area contributed by atoms with Gasteiger partial charge in [-0.2, -0.15) is 5.26 Å². The topological polar surface area (TPSA) is 90.7 Å². The Balaban J connectivity index is 1.84. The maximum atomic E-state index is 12.5. The highest BCUT2D eigenvalue weighted by Crippen LogP contribution is 2.25. The molecule has 0 radical (unpaired) electrons. The van der Waals surface area contributed by atoms with Crippen molar-refractivity contribution in [3.63, 3.8) is 0 Å². The summed E-state index contributed by atoms with van der Waals surface area (Å²) in [7, 11) is 1.50. The van der Waals surface area contributed by atoms with Crippen LogP contribution >= 0.6 is 0 Å². The van der Waals surface area contributed by atoms with E-state index in [4.69, 9.17) is 10.00 Å². The second-order valence-corrected chi connectivity index (χ2v) is 5.32. The van der Waals surface area contributed by atoms with E-state index in [1.807, 2.05) is 6.07 Å². The van der Waals surface area contributed by atoms with Gasteiger partial charge < -0.3 is 4.74 Å². The van der Waals surface area contributed by atoms with Crippen LogP contribution in [0.3, 0.4) is 0 Å². The molecule has 0 aliphatic carbocycles. The lowest BCUT2D eigenvalue weighted by atomic mass is 10.1. The third-order valence-electron chi connectivity index (χ3n) is 3.81. The van der Waals surface area contributed by atoms with Crippen molar-refractivity contribution < 1.29 is 19.1 Å². The van der Waals surface area contributed by atoms with Crippen LogP contribution in [0.4, 0.5) is 10.5 Å². The highest BCUT2D eigenvalue weighted by molar-refractivity contribution is 6.52. The van der Waals surface area contributed by atoms with Gasteiger partial charge in [0.15, 0.2) is 0 Å². The number of rotatable bonds is 4. The van der Waals surface area contributed by atoms with Gasteiger partial charge in [0.2, 0.25) is 0 Å². The Morgan fingerprint density at radius 3 is 2.16 bits per heavy atom. The van der Waals surface area contributed by atoms with Crippen LogP contribution in [0.5, 0.6) is 5.75 Å². The summed E-state index contributed by atoms with van der Waals surface area (Å²) in [6.45, 7) is -0.0399. The molecule has 25 heavy (non-hydrogen) atoms. The number of carbonyl (C=O) groups is 3. The Morgan fingerprint density at radius 1 is 0.960 bits per heavy atom. The number of anilines is 1. The predicted octanol–water partition coefficient (Wildman–Crippen LogP) is 2.06. The summed E-state index contributed by atoms with van der Waals surface area (Å²) in [6.07, 6.45) is 0.